The first kappa shape index (κ1) is 11.9. The number of halogens is 1. The van der Waals surface area contributed by atoms with Crippen LogP contribution in [0.2, 0.25) is 0 Å². The van der Waals surface area contributed by atoms with E-state index in [-0.39, 0.29) is 5.82 Å². The number of nitrogen functional groups attached to an aromatic ring is 1. The number of hydrogen-bond donors (Lipinski definition) is 1. The highest BCUT2D eigenvalue weighted by Crippen LogP contribution is 2.27. The van der Waals surface area contributed by atoms with Gasteiger partial charge in [0.05, 0.1) is 17.3 Å². The van der Waals surface area contributed by atoms with Crippen molar-refractivity contribution in [2.24, 2.45) is 0 Å². The Morgan fingerprint density at radius 3 is 2.67 bits per heavy atom. The van der Waals surface area contributed by atoms with E-state index >= 15 is 0 Å². The average molecular weight is 241 g/mol. The number of anilines is 3. The van der Waals surface area contributed by atoms with Crippen molar-refractivity contribution in [2.45, 2.75) is 0 Å². The third-order valence-electron chi connectivity index (χ3n) is 2.70. The number of rotatable bonds is 2. The molecule has 3 nitrogen and oxygen atoms in total. The summed E-state index contributed by atoms with van der Waals surface area (Å²) >= 11 is 0. The van der Waals surface area contributed by atoms with Gasteiger partial charge in [-0.05, 0) is 36.4 Å². The molecule has 0 radical (unpaired) electrons. The van der Waals surface area contributed by atoms with Gasteiger partial charge in [0.2, 0.25) is 0 Å². The van der Waals surface area contributed by atoms with E-state index in [9.17, 15) is 4.39 Å². The molecule has 0 saturated heterocycles. The number of nitrogens with two attached hydrogens (primary N) is 1. The van der Waals surface area contributed by atoms with Gasteiger partial charge < -0.3 is 10.6 Å². The Labute approximate surface area is 105 Å². The molecule has 0 aliphatic heterocycles. The molecule has 2 rings (SSSR count). The van der Waals surface area contributed by atoms with Crippen LogP contribution in [0.4, 0.5) is 21.5 Å². The van der Waals surface area contributed by atoms with Crippen LogP contribution in [-0.4, -0.2) is 7.05 Å². The maximum absolute atomic E-state index is 13.8. The second-order valence-electron chi connectivity index (χ2n) is 3.93. The summed E-state index contributed by atoms with van der Waals surface area (Å²) in [4.78, 5) is 1.68. The fourth-order valence-electron chi connectivity index (χ4n) is 1.72. The number of nitriles is 1. The normalized spacial score (nSPS) is 9.83. The summed E-state index contributed by atoms with van der Waals surface area (Å²) in [7, 11) is 1.74. The predicted molar refractivity (Wildman–Crippen MR) is 70.0 cm³/mol. The molecule has 2 aromatic rings. The fourth-order valence-corrected chi connectivity index (χ4v) is 1.72. The second-order valence-corrected chi connectivity index (χ2v) is 3.93. The van der Waals surface area contributed by atoms with Crippen LogP contribution < -0.4 is 10.6 Å². The maximum Gasteiger partial charge on any atom is 0.148 e. The number of nitrogens with zero attached hydrogens (tertiary/aromatic N) is 2. The first-order chi connectivity index (χ1) is 8.61. The van der Waals surface area contributed by atoms with Gasteiger partial charge in [0, 0.05) is 18.4 Å². The zero-order valence-electron chi connectivity index (χ0n) is 9.89. The lowest BCUT2D eigenvalue weighted by Crippen LogP contribution is -2.11. The van der Waals surface area contributed by atoms with Crippen molar-refractivity contribution in [1.29, 1.82) is 5.26 Å². The van der Waals surface area contributed by atoms with E-state index in [4.69, 9.17) is 11.0 Å². The van der Waals surface area contributed by atoms with Gasteiger partial charge in [0.15, 0.2) is 0 Å². The van der Waals surface area contributed by atoms with Crippen LogP contribution in [0.25, 0.3) is 0 Å². The largest absolute Gasteiger partial charge is 0.399 e. The van der Waals surface area contributed by atoms with Crippen LogP contribution in [0, 0.1) is 17.1 Å². The summed E-state index contributed by atoms with van der Waals surface area (Å²) < 4.78 is 13.8. The topological polar surface area (TPSA) is 53.0 Å². The first-order valence-electron chi connectivity index (χ1n) is 5.41. The van der Waals surface area contributed by atoms with Gasteiger partial charge in [-0.2, -0.15) is 5.26 Å². The number of benzene rings is 2. The van der Waals surface area contributed by atoms with Gasteiger partial charge in [0.1, 0.15) is 5.82 Å². The van der Waals surface area contributed by atoms with Gasteiger partial charge in [-0.15, -0.1) is 0 Å². The van der Waals surface area contributed by atoms with Crippen molar-refractivity contribution in [3.05, 3.63) is 53.8 Å². The Hall–Kier alpha value is -2.54. The monoisotopic (exact) mass is 241 g/mol. The Balaban J connectivity index is 2.41. The summed E-state index contributed by atoms with van der Waals surface area (Å²) in [5.41, 5.74) is 7.60. The molecule has 0 saturated carbocycles. The van der Waals surface area contributed by atoms with E-state index in [1.54, 1.807) is 42.3 Å². The minimum atomic E-state index is -0.389. The summed E-state index contributed by atoms with van der Waals surface area (Å²) in [6.07, 6.45) is 0. The zero-order valence-corrected chi connectivity index (χ0v) is 9.89. The Bertz CT molecular complexity index is 617. The standard InChI is InChI=1S/C14H12FN3/c1-18(12-4-2-3-10(7-12)9-16)14-6-5-11(17)8-13(14)15/h2-8H,17H2,1H3. The van der Waals surface area contributed by atoms with E-state index in [0.29, 0.717) is 16.9 Å². The molecule has 2 aromatic carbocycles. The van der Waals surface area contributed by atoms with Crippen LogP contribution >= 0.6 is 0 Å². The third kappa shape index (κ3) is 2.25. The molecule has 0 heterocycles. The summed E-state index contributed by atoms with van der Waals surface area (Å²) in [6.45, 7) is 0. The highest BCUT2D eigenvalue weighted by molar-refractivity contribution is 5.66. The van der Waals surface area contributed by atoms with Crippen molar-refractivity contribution >= 4 is 17.1 Å². The SMILES string of the molecule is CN(c1cccc(C#N)c1)c1ccc(N)cc1F. The highest BCUT2D eigenvalue weighted by Gasteiger charge is 2.10. The minimum Gasteiger partial charge on any atom is -0.399 e. The fraction of sp³-hybridized carbons (Fsp3) is 0.0714. The molecule has 90 valence electrons. The van der Waals surface area contributed by atoms with E-state index in [1.165, 1.54) is 6.07 Å². The van der Waals surface area contributed by atoms with Crippen LogP contribution in [0.3, 0.4) is 0 Å². The van der Waals surface area contributed by atoms with Crippen molar-refractivity contribution in [2.75, 3.05) is 17.7 Å². The van der Waals surface area contributed by atoms with Crippen LogP contribution in [0.1, 0.15) is 5.56 Å². The van der Waals surface area contributed by atoms with Crippen molar-refractivity contribution in [1.82, 2.24) is 0 Å². The van der Waals surface area contributed by atoms with Crippen LogP contribution in [0.5, 0.6) is 0 Å². The third-order valence-corrected chi connectivity index (χ3v) is 2.70. The molecule has 0 fully saturated rings. The summed E-state index contributed by atoms with van der Waals surface area (Å²) in [5.74, 6) is -0.389. The molecule has 0 amide bonds. The van der Waals surface area contributed by atoms with Crippen molar-refractivity contribution in [3.63, 3.8) is 0 Å². The first-order valence-corrected chi connectivity index (χ1v) is 5.41. The van der Waals surface area contributed by atoms with Crippen molar-refractivity contribution < 1.29 is 4.39 Å². The molecule has 2 N–H and O–H groups in total. The van der Waals surface area contributed by atoms with E-state index in [2.05, 4.69) is 6.07 Å². The predicted octanol–water partition coefficient (Wildman–Crippen LogP) is 3.05. The van der Waals surface area contributed by atoms with Gasteiger partial charge in [-0.25, -0.2) is 4.39 Å². The number of hydrogen-bond acceptors (Lipinski definition) is 3. The maximum atomic E-state index is 13.8. The zero-order chi connectivity index (χ0) is 13.1. The molecule has 0 aliphatic rings. The molecular formula is C14H12FN3. The lowest BCUT2D eigenvalue weighted by molar-refractivity contribution is 0.628. The molecule has 0 atom stereocenters. The Morgan fingerprint density at radius 1 is 1.22 bits per heavy atom. The quantitative estimate of drug-likeness (QED) is 0.822. The van der Waals surface area contributed by atoms with Gasteiger partial charge >= 0.3 is 0 Å². The van der Waals surface area contributed by atoms with Crippen LogP contribution in [-0.2, 0) is 0 Å². The molecule has 18 heavy (non-hydrogen) atoms. The molecule has 0 bridgehead atoms. The Morgan fingerprint density at radius 2 is 2.00 bits per heavy atom. The van der Waals surface area contributed by atoms with Gasteiger partial charge in [-0.3, -0.25) is 0 Å². The molecule has 0 aromatic heterocycles. The van der Waals surface area contributed by atoms with Crippen molar-refractivity contribution in [3.8, 4) is 6.07 Å². The highest BCUT2D eigenvalue weighted by atomic mass is 19.1. The smallest absolute Gasteiger partial charge is 0.148 e. The lowest BCUT2D eigenvalue weighted by Gasteiger charge is -2.20. The summed E-state index contributed by atoms with van der Waals surface area (Å²) in [5, 5.41) is 8.85. The van der Waals surface area contributed by atoms with E-state index < -0.39 is 0 Å². The molecule has 0 spiro atoms. The molecule has 0 aliphatic carbocycles. The second kappa shape index (κ2) is 4.76. The summed E-state index contributed by atoms with van der Waals surface area (Å²) in [6, 6.07) is 13.6. The molecular weight excluding hydrogens is 229 g/mol. The van der Waals surface area contributed by atoms with E-state index in [0.717, 1.165) is 5.69 Å². The minimum absolute atomic E-state index is 0.385. The lowest BCUT2D eigenvalue weighted by atomic mass is 10.2. The Kier molecular flexibility index (Phi) is 3.16. The van der Waals surface area contributed by atoms with Crippen LogP contribution in [0.15, 0.2) is 42.5 Å². The van der Waals surface area contributed by atoms with E-state index in [1.807, 2.05) is 6.07 Å². The van der Waals surface area contributed by atoms with Gasteiger partial charge in [-0.1, -0.05) is 6.07 Å². The molecule has 0 unspecified atom stereocenters. The average Bonchev–Trinajstić information content (AvgIpc) is 2.38. The van der Waals surface area contributed by atoms with Gasteiger partial charge in [0.25, 0.3) is 0 Å². The molecule has 4 heteroatoms.